The Labute approximate surface area is 45.4 Å². The van der Waals surface area contributed by atoms with E-state index in [9.17, 15) is 0 Å². The summed E-state index contributed by atoms with van der Waals surface area (Å²) < 4.78 is 0. The lowest BCUT2D eigenvalue weighted by molar-refractivity contribution is 0.673. The fraction of sp³-hybridized carbons (Fsp3) is 1.00. The average molecular weight is 151 g/mol. The molecular weight excluding hydrogens is 144 g/mol. The molecule has 1 heterocycles. The van der Waals surface area contributed by atoms with Crippen LogP contribution < -0.4 is 10.9 Å². The maximum atomic E-state index is 3.36. The highest BCUT2D eigenvalue weighted by atomic mass is 79.9. The lowest BCUT2D eigenvalue weighted by Gasteiger charge is -1.92. The third-order valence-electron chi connectivity index (χ3n) is 0.781. The van der Waals surface area contributed by atoms with Crippen LogP contribution in [0.2, 0.25) is 0 Å². The van der Waals surface area contributed by atoms with Gasteiger partial charge in [0.05, 0.1) is 4.95 Å². The lowest BCUT2D eigenvalue weighted by Crippen LogP contribution is -2.25. The molecule has 0 aromatic rings. The molecule has 0 radical (unpaired) electrons. The van der Waals surface area contributed by atoms with Crippen molar-refractivity contribution in [3.8, 4) is 0 Å². The first-order valence-electron chi connectivity index (χ1n) is 2.02. The van der Waals surface area contributed by atoms with Crippen molar-refractivity contribution in [2.75, 3.05) is 6.54 Å². The van der Waals surface area contributed by atoms with E-state index >= 15 is 0 Å². The highest BCUT2D eigenvalue weighted by molar-refractivity contribution is 9.09. The second kappa shape index (κ2) is 1.91. The van der Waals surface area contributed by atoms with Gasteiger partial charge in [-0.15, -0.1) is 0 Å². The van der Waals surface area contributed by atoms with Crippen LogP contribution in [0.1, 0.15) is 6.42 Å². The molecule has 0 saturated carbocycles. The monoisotopic (exact) mass is 150 g/mol. The van der Waals surface area contributed by atoms with Gasteiger partial charge in [0, 0.05) is 6.54 Å². The second-order valence-electron chi connectivity index (χ2n) is 1.33. The molecule has 1 fully saturated rings. The van der Waals surface area contributed by atoms with Gasteiger partial charge in [-0.3, -0.25) is 5.43 Å². The lowest BCUT2D eigenvalue weighted by atomic mass is 10.5. The van der Waals surface area contributed by atoms with E-state index in [1.54, 1.807) is 0 Å². The Balaban J connectivity index is 2.18. The number of rotatable bonds is 0. The molecule has 0 aliphatic carbocycles. The molecule has 3 heteroatoms. The summed E-state index contributed by atoms with van der Waals surface area (Å²) in [6.45, 7) is 1.08. The number of nitrogens with one attached hydrogen (secondary N) is 2. The van der Waals surface area contributed by atoms with Crippen molar-refractivity contribution in [2.24, 2.45) is 0 Å². The predicted molar refractivity (Wildman–Crippen MR) is 28.5 cm³/mol. The minimum atomic E-state index is 0.498. The molecule has 0 aromatic carbocycles. The zero-order valence-electron chi connectivity index (χ0n) is 3.37. The molecule has 1 saturated heterocycles. The first-order chi connectivity index (χ1) is 2.89. The summed E-state index contributed by atoms with van der Waals surface area (Å²) in [6, 6.07) is 0. The van der Waals surface area contributed by atoms with Crippen LogP contribution in [-0.2, 0) is 0 Å². The molecule has 1 aliphatic rings. The largest absolute Gasteiger partial charge is 0.257 e. The van der Waals surface area contributed by atoms with Gasteiger partial charge in [0.25, 0.3) is 0 Å². The average Bonchev–Trinajstić information content (AvgIpc) is 1.86. The van der Waals surface area contributed by atoms with Gasteiger partial charge in [0.2, 0.25) is 0 Å². The normalized spacial score (nSPS) is 34.5. The summed E-state index contributed by atoms with van der Waals surface area (Å²) in [5.74, 6) is 0. The van der Waals surface area contributed by atoms with E-state index < -0.39 is 0 Å². The van der Waals surface area contributed by atoms with Crippen molar-refractivity contribution in [3.05, 3.63) is 0 Å². The summed E-state index contributed by atoms with van der Waals surface area (Å²) in [5.41, 5.74) is 5.96. The third kappa shape index (κ3) is 0.929. The minimum Gasteiger partial charge on any atom is -0.257 e. The second-order valence-corrected chi connectivity index (χ2v) is 2.43. The maximum Gasteiger partial charge on any atom is 0.0775 e. The van der Waals surface area contributed by atoms with Crippen molar-refractivity contribution in [1.82, 2.24) is 10.9 Å². The Morgan fingerprint density at radius 3 is 2.67 bits per heavy atom. The molecule has 0 amide bonds. The van der Waals surface area contributed by atoms with Gasteiger partial charge in [0.15, 0.2) is 0 Å². The van der Waals surface area contributed by atoms with E-state index in [0.717, 1.165) is 6.54 Å². The van der Waals surface area contributed by atoms with Crippen molar-refractivity contribution < 1.29 is 0 Å². The SMILES string of the molecule is BrC1CCNN1. The predicted octanol–water partition coefficient (Wildman–Crippen LogP) is 0.205. The number of alkyl halides is 1. The zero-order valence-corrected chi connectivity index (χ0v) is 4.96. The molecule has 1 rings (SSSR count). The standard InChI is InChI=1S/C3H7BrN2/c4-3-1-2-5-6-3/h3,5-6H,1-2H2. The fourth-order valence-corrected chi connectivity index (χ4v) is 0.845. The quantitative estimate of drug-likeness (QED) is 0.382. The molecule has 1 aliphatic heterocycles. The molecule has 1 atom stereocenters. The van der Waals surface area contributed by atoms with Gasteiger partial charge < -0.3 is 0 Å². The van der Waals surface area contributed by atoms with Gasteiger partial charge >= 0.3 is 0 Å². The zero-order chi connectivity index (χ0) is 4.41. The molecule has 2 N–H and O–H groups in total. The molecule has 1 unspecified atom stereocenters. The van der Waals surface area contributed by atoms with Gasteiger partial charge in [-0.1, -0.05) is 15.9 Å². The van der Waals surface area contributed by atoms with Crippen molar-refractivity contribution in [3.63, 3.8) is 0 Å². The van der Waals surface area contributed by atoms with Crippen LogP contribution in [-0.4, -0.2) is 11.5 Å². The van der Waals surface area contributed by atoms with Gasteiger partial charge in [-0.05, 0) is 6.42 Å². The van der Waals surface area contributed by atoms with Crippen LogP contribution >= 0.6 is 15.9 Å². The summed E-state index contributed by atoms with van der Waals surface area (Å²) in [4.78, 5) is 0.498. The smallest absolute Gasteiger partial charge is 0.0775 e. The summed E-state index contributed by atoms with van der Waals surface area (Å²) >= 11 is 3.36. The fourth-order valence-electron chi connectivity index (χ4n) is 0.454. The Bertz CT molecular complexity index is 42.1. The van der Waals surface area contributed by atoms with E-state index in [2.05, 4.69) is 26.8 Å². The van der Waals surface area contributed by atoms with Crippen molar-refractivity contribution in [1.29, 1.82) is 0 Å². The Morgan fingerprint density at radius 1 is 1.67 bits per heavy atom. The van der Waals surface area contributed by atoms with Gasteiger partial charge in [0.1, 0.15) is 0 Å². The molecule has 0 spiro atoms. The van der Waals surface area contributed by atoms with Crippen LogP contribution in [0, 0.1) is 0 Å². The summed E-state index contributed by atoms with van der Waals surface area (Å²) in [5, 5.41) is 0. The van der Waals surface area contributed by atoms with Crippen LogP contribution in [0.5, 0.6) is 0 Å². The number of hydrogen-bond acceptors (Lipinski definition) is 2. The van der Waals surface area contributed by atoms with Crippen molar-refractivity contribution in [2.45, 2.75) is 11.4 Å². The molecule has 0 aromatic heterocycles. The van der Waals surface area contributed by atoms with E-state index in [1.165, 1.54) is 6.42 Å². The van der Waals surface area contributed by atoms with E-state index in [4.69, 9.17) is 0 Å². The first-order valence-corrected chi connectivity index (χ1v) is 2.93. The minimum absolute atomic E-state index is 0.498. The Hall–Kier alpha value is 0.400. The van der Waals surface area contributed by atoms with E-state index in [-0.39, 0.29) is 0 Å². The molecule has 0 bridgehead atoms. The van der Waals surface area contributed by atoms with Crippen LogP contribution in [0.15, 0.2) is 0 Å². The number of hydrazine groups is 1. The van der Waals surface area contributed by atoms with Crippen LogP contribution in [0.3, 0.4) is 0 Å². The molecular formula is C3H7BrN2. The number of halogens is 1. The van der Waals surface area contributed by atoms with Gasteiger partial charge in [-0.2, -0.15) is 0 Å². The van der Waals surface area contributed by atoms with E-state index in [0.29, 0.717) is 4.95 Å². The highest BCUT2D eigenvalue weighted by Crippen LogP contribution is 2.01. The van der Waals surface area contributed by atoms with E-state index in [1.807, 2.05) is 0 Å². The molecule has 6 heavy (non-hydrogen) atoms. The summed E-state index contributed by atoms with van der Waals surface area (Å²) in [7, 11) is 0. The highest BCUT2D eigenvalue weighted by Gasteiger charge is 2.06. The molecule has 2 nitrogen and oxygen atoms in total. The topological polar surface area (TPSA) is 24.1 Å². The Kier molecular flexibility index (Phi) is 1.45. The van der Waals surface area contributed by atoms with Gasteiger partial charge in [-0.25, -0.2) is 5.43 Å². The van der Waals surface area contributed by atoms with Crippen LogP contribution in [0.4, 0.5) is 0 Å². The van der Waals surface area contributed by atoms with Crippen LogP contribution in [0.25, 0.3) is 0 Å². The number of hydrogen-bond donors (Lipinski definition) is 2. The first kappa shape index (κ1) is 4.56. The Morgan fingerprint density at radius 2 is 2.50 bits per heavy atom. The molecule has 36 valence electrons. The third-order valence-corrected chi connectivity index (χ3v) is 1.47. The maximum absolute atomic E-state index is 3.36. The van der Waals surface area contributed by atoms with Crippen molar-refractivity contribution >= 4 is 15.9 Å². The summed E-state index contributed by atoms with van der Waals surface area (Å²) in [6.07, 6.45) is 1.18.